The first kappa shape index (κ1) is 29.0. The van der Waals surface area contributed by atoms with Crippen LogP contribution in [-0.4, -0.2) is 29.8 Å². The van der Waals surface area contributed by atoms with E-state index in [1.807, 2.05) is 13.8 Å². The Hall–Kier alpha value is -4.03. The van der Waals surface area contributed by atoms with E-state index in [9.17, 15) is 22.4 Å². The number of benzene rings is 2. The molecule has 0 unspecified atom stereocenters. The van der Waals surface area contributed by atoms with Crippen LogP contribution in [0.1, 0.15) is 43.9 Å². The van der Waals surface area contributed by atoms with Crippen LogP contribution in [0.3, 0.4) is 0 Å². The van der Waals surface area contributed by atoms with E-state index in [2.05, 4.69) is 19.9 Å². The molecule has 2 aromatic carbocycles. The van der Waals surface area contributed by atoms with E-state index < -0.39 is 21.6 Å². The molecule has 0 atom stereocenters. The Morgan fingerprint density at radius 1 is 1.02 bits per heavy atom. The molecule has 3 N–H and O–H groups in total. The molecule has 0 bridgehead atoms. The molecule has 0 saturated heterocycles. The Kier molecular flexibility index (Phi) is 8.13. The van der Waals surface area contributed by atoms with Crippen molar-refractivity contribution in [2.45, 2.75) is 46.6 Å². The molecule has 1 aliphatic carbocycles. The Balaban J connectivity index is 0.00000181. The summed E-state index contributed by atoms with van der Waals surface area (Å²) in [4.78, 5) is 27.1. The van der Waals surface area contributed by atoms with E-state index in [-0.39, 0.29) is 45.1 Å². The summed E-state index contributed by atoms with van der Waals surface area (Å²) >= 11 is 0. The maximum atomic E-state index is 14.8. The second-order valence-electron chi connectivity index (χ2n) is 9.42. The lowest BCUT2D eigenvalue weighted by Crippen LogP contribution is -2.30. The number of fused-ring (bicyclic) bond motifs is 1. The summed E-state index contributed by atoms with van der Waals surface area (Å²) in [5.41, 5.74) is 1.89. The molecule has 0 amide bonds. The van der Waals surface area contributed by atoms with Crippen molar-refractivity contribution in [1.82, 2.24) is 19.1 Å². The third-order valence-corrected chi connectivity index (χ3v) is 7.65. The lowest BCUT2D eigenvalue weighted by Gasteiger charge is -2.19. The maximum Gasteiger partial charge on any atom is 0.298 e. The number of nitrogens with zero attached hydrogens (tertiary/aromatic N) is 3. The third-order valence-electron chi connectivity index (χ3n) is 6.61. The molecule has 5 rings (SSSR count). The van der Waals surface area contributed by atoms with Crippen LogP contribution in [0, 0.1) is 19.7 Å². The van der Waals surface area contributed by atoms with Crippen LogP contribution in [0.5, 0.6) is 0 Å². The van der Waals surface area contributed by atoms with Gasteiger partial charge in [-0.1, -0.05) is 32.0 Å². The van der Waals surface area contributed by atoms with Crippen molar-refractivity contribution in [2.75, 3.05) is 17.1 Å². The van der Waals surface area contributed by atoms with Gasteiger partial charge in [-0.3, -0.25) is 14.3 Å². The van der Waals surface area contributed by atoms with E-state index in [4.69, 9.17) is 0 Å². The summed E-state index contributed by atoms with van der Waals surface area (Å²) in [5, 5.41) is 7.85. The molecule has 40 heavy (non-hydrogen) atoms. The minimum Gasteiger partial charge on any atom is -0.352 e. The zero-order valence-electron chi connectivity index (χ0n) is 23.3. The Morgan fingerprint density at radius 3 is 2.35 bits per heavy atom. The number of pyridine rings is 1. The highest BCUT2D eigenvalue weighted by Crippen LogP contribution is 2.37. The molecule has 1 saturated carbocycles. The zero-order chi connectivity index (χ0) is 29.4. The highest BCUT2D eigenvalue weighted by Gasteiger charge is 2.30. The number of aryl methyl sites for hydroxylation is 2. The second kappa shape index (κ2) is 11.2. The molecule has 0 aliphatic heterocycles. The molecule has 1 aliphatic rings. The summed E-state index contributed by atoms with van der Waals surface area (Å²) < 4.78 is 46.3. The van der Waals surface area contributed by atoms with Gasteiger partial charge in [-0.05, 0) is 56.5 Å². The van der Waals surface area contributed by atoms with E-state index in [0.717, 1.165) is 18.4 Å². The molecular weight excluding hydrogens is 535 g/mol. The van der Waals surface area contributed by atoms with Crippen molar-refractivity contribution < 1.29 is 12.8 Å². The van der Waals surface area contributed by atoms with Gasteiger partial charge < -0.3 is 9.88 Å². The molecule has 2 aromatic heterocycles. The van der Waals surface area contributed by atoms with Crippen molar-refractivity contribution in [3.8, 4) is 11.3 Å². The molecule has 0 spiro atoms. The first-order valence-corrected chi connectivity index (χ1v) is 14.5. The van der Waals surface area contributed by atoms with Crippen LogP contribution >= 0.6 is 0 Å². The van der Waals surface area contributed by atoms with Crippen LogP contribution < -0.4 is 25.9 Å². The highest BCUT2D eigenvalue weighted by atomic mass is 32.2. The monoisotopic (exact) mass is 568 g/mol. The number of rotatable bonds is 7. The van der Waals surface area contributed by atoms with Gasteiger partial charge >= 0.3 is 0 Å². The van der Waals surface area contributed by atoms with Crippen molar-refractivity contribution in [3.63, 3.8) is 0 Å². The first-order valence-electron chi connectivity index (χ1n) is 13.0. The number of halogens is 1. The van der Waals surface area contributed by atoms with E-state index in [0.29, 0.717) is 11.3 Å². The van der Waals surface area contributed by atoms with Gasteiger partial charge in [-0.15, -0.1) is 0 Å². The average molecular weight is 569 g/mol. The van der Waals surface area contributed by atoms with Crippen molar-refractivity contribution >= 4 is 38.2 Å². The third kappa shape index (κ3) is 5.50. The summed E-state index contributed by atoms with van der Waals surface area (Å²) in [6.07, 6.45) is 1.56. The normalized spacial score (nSPS) is 13.1. The fourth-order valence-electron chi connectivity index (χ4n) is 4.44. The SMILES string of the molecule is CC.CNS(=O)(=O)Nc1cccc(-c2nn(C3CC3)c(=O)c3c(Nc4ccc(C)cc4F)c(C)c(=O)n(C)c23)c1. The van der Waals surface area contributed by atoms with Gasteiger partial charge in [-0.25, -0.2) is 13.8 Å². The van der Waals surface area contributed by atoms with E-state index >= 15 is 0 Å². The van der Waals surface area contributed by atoms with Gasteiger partial charge in [0.1, 0.15) is 11.5 Å². The van der Waals surface area contributed by atoms with Crippen molar-refractivity contribution in [2.24, 2.45) is 7.05 Å². The van der Waals surface area contributed by atoms with Gasteiger partial charge in [0.25, 0.3) is 21.3 Å². The van der Waals surface area contributed by atoms with E-state index in [1.165, 1.54) is 22.4 Å². The highest BCUT2D eigenvalue weighted by molar-refractivity contribution is 7.90. The Labute approximate surface area is 232 Å². The first-order chi connectivity index (χ1) is 19.0. The van der Waals surface area contributed by atoms with Crippen LogP contribution in [-0.2, 0) is 17.3 Å². The molecule has 2 heterocycles. The predicted octanol–water partition coefficient (Wildman–Crippen LogP) is 4.50. The molecule has 12 heteroatoms. The molecule has 10 nitrogen and oxygen atoms in total. The fourth-order valence-corrected chi connectivity index (χ4v) is 4.98. The smallest absolute Gasteiger partial charge is 0.298 e. The quantitative estimate of drug-likeness (QED) is 0.301. The average Bonchev–Trinajstić information content (AvgIpc) is 3.77. The van der Waals surface area contributed by atoms with Gasteiger partial charge in [0.05, 0.1) is 34.0 Å². The van der Waals surface area contributed by atoms with Crippen molar-refractivity contribution in [3.05, 3.63) is 80.1 Å². The second-order valence-corrected chi connectivity index (χ2v) is 11.0. The van der Waals surface area contributed by atoms with Crippen LogP contribution in [0.25, 0.3) is 22.2 Å². The number of hydrogen-bond acceptors (Lipinski definition) is 6. The van der Waals surface area contributed by atoms with E-state index in [1.54, 1.807) is 57.3 Å². The summed E-state index contributed by atoms with van der Waals surface area (Å²) in [6.45, 7) is 7.35. The topological polar surface area (TPSA) is 127 Å². The number of aromatic nitrogens is 3. The lowest BCUT2D eigenvalue weighted by molar-refractivity contribution is 0.593. The van der Waals surface area contributed by atoms with Crippen molar-refractivity contribution in [1.29, 1.82) is 0 Å². The fraction of sp³-hybridized carbons (Fsp3) is 0.321. The van der Waals surface area contributed by atoms with Crippen LogP contribution in [0.15, 0.2) is 52.1 Å². The summed E-state index contributed by atoms with van der Waals surface area (Å²) in [6, 6.07) is 11.1. The minimum atomic E-state index is -3.78. The van der Waals surface area contributed by atoms with Gasteiger partial charge in [0.15, 0.2) is 0 Å². The lowest BCUT2D eigenvalue weighted by atomic mass is 10.0. The molecular formula is C28H33FN6O4S. The maximum absolute atomic E-state index is 14.8. The zero-order valence-corrected chi connectivity index (χ0v) is 24.1. The van der Waals surface area contributed by atoms with Crippen LogP contribution in [0.2, 0.25) is 0 Å². The van der Waals surface area contributed by atoms with Crippen LogP contribution in [0.4, 0.5) is 21.5 Å². The standard InChI is InChI=1S/C26H27FN6O4S.C2H6/c1-14-8-11-20(19(27)12-14)29-22-15(2)25(34)32(4)24-21(22)26(35)33(18-9-10-18)30-23(24)16-6-5-7-17(13-16)31-38(36,37)28-3;1-2/h5-8,11-13,18,28-29,31H,9-10H2,1-4H3;1-2H3. The number of hydrogen-bond donors (Lipinski definition) is 3. The Morgan fingerprint density at radius 2 is 1.73 bits per heavy atom. The molecule has 0 radical (unpaired) electrons. The molecule has 1 fully saturated rings. The van der Waals surface area contributed by atoms with Gasteiger partial charge in [0, 0.05) is 25.2 Å². The predicted molar refractivity (Wildman–Crippen MR) is 157 cm³/mol. The summed E-state index contributed by atoms with van der Waals surface area (Å²) in [7, 11) is -0.941. The number of anilines is 3. The largest absolute Gasteiger partial charge is 0.352 e. The Bertz CT molecular complexity index is 1830. The molecule has 212 valence electrons. The van der Waals surface area contributed by atoms with Gasteiger partial charge in [0.2, 0.25) is 0 Å². The van der Waals surface area contributed by atoms with Gasteiger partial charge in [-0.2, -0.15) is 13.5 Å². The number of nitrogens with one attached hydrogen (secondary N) is 3. The minimum absolute atomic E-state index is 0.0990. The molecule has 4 aromatic rings. The summed E-state index contributed by atoms with van der Waals surface area (Å²) in [5.74, 6) is -0.514.